The van der Waals surface area contributed by atoms with Gasteiger partial charge < -0.3 is 15.3 Å². The summed E-state index contributed by atoms with van der Waals surface area (Å²) in [5.41, 5.74) is -0.597. The normalized spacial score (nSPS) is 27.3. The lowest BCUT2D eigenvalue weighted by Gasteiger charge is -2.22. The Balaban J connectivity index is 2.40. The Morgan fingerprint density at radius 2 is 2.20 bits per heavy atom. The predicted octanol–water partition coefficient (Wildman–Crippen LogP) is 1.34. The summed E-state index contributed by atoms with van der Waals surface area (Å²) >= 11 is 0. The van der Waals surface area contributed by atoms with E-state index >= 15 is 0 Å². The first-order valence-electron chi connectivity index (χ1n) is 5.80. The lowest BCUT2D eigenvalue weighted by Crippen LogP contribution is -2.41. The van der Waals surface area contributed by atoms with Crippen molar-refractivity contribution in [2.75, 3.05) is 19.6 Å². The predicted molar refractivity (Wildman–Crippen MR) is 59.7 cm³/mol. The largest absolute Gasteiger partial charge is 0.390 e. The van der Waals surface area contributed by atoms with Gasteiger partial charge in [-0.1, -0.05) is 6.92 Å². The summed E-state index contributed by atoms with van der Waals surface area (Å²) in [5, 5.41) is 12.7. The molecule has 1 aliphatic rings. The topological polar surface area (TPSA) is 52.6 Å². The molecule has 0 spiro atoms. The molecule has 88 valence electrons. The maximum atomic E-state index is 11.7. The van der Waals surface area contributed by atoms with Gasteiger partial charge >= 0.3 is 6.03 Å². The quantitative estimate of drug-likeness (QED) is 0.729. The maximum absolute atomic E-state index is 11.7. The van der Waals surface area contributed by atoms with Gasteiger partial charge in [-0.15, -0.1) is 0 Å². The van der Waals surface area contributed by atoms with Crippen LogP contribution in [0.25, 0.3) is 0 Å². The fourth-order valence-electron chi connectivity index (χ4n) is 1.81. The van der Waals surface area contributed by atoms with Crippen LogP contribution >= 0.6 is 0 Å². The van der Waals surface area contributed by atoms with Gasteiger partial charge in [0.2, 0.25) is 0 Å². The molecule has 0 bridgehead atoms. The summed E-state index contributed by atoms with van der Waals surface area (Å²) in [4.78, 5) is 13.5. The summed E-state index contributed by atoms with van der Waals surface area (Å²) < 4.78 is 0. The van der Waals surface area contributed by atoms with E-state index in [9.17, 15) is 9.90 Å². The zero-order valence-corrected chi connectivity index (χ0v) is 9.75. The minimum atomic E-state index is -0.597. The number of nitrogens with one attached hydrogen (secondary N) is 1. The highest BCUT2D eigenvalue weighted by Crippen LogP contribution is 2.21. The van der Waals surface area contributed by atoms with Crippen molar-refractivity contribution >= 4 is 6.03 Å². The van der Waals surface area contributed by atoms with Crippen LogP contribution in [0.2, 0.25) is 0 Å². The molecule has 1 atom stereocenters. The Morgan fingerprint density at radius 3 is 2.87 bits per heavy atom. The Labute approximate surface area is 91.6 Å². The van der Waals surface area contributed by atoms with Gasteiger partial charge in [0.25, 0.3) is 0 Å². The van der Waals surface area contributed by atoms with Gasteiger partial charge in [0.1, 0.15) is 0 Å². The van der Waals surface area contributed by atoms with Crippen LogP contribution in [0.3, 0.4) is 0 Å². The van der Waals surface area contributed by atoms with E-state index < -0.39 is 5.60 Å². The number of hydrogen-bond acceptors (Lipinski definition) is 2. The number of aliphatic hydroxyl groups is 1. The zero-order chi connectivity index (χ0) is 11.3. The van der Waals surface area contributed by atoms with Crippen LogP contribution < -0.4 is 5.32 Å². The first-order valence-corrected chi connectivity index (χ1v) is 5.80. The Kier molecular flexibility index (Phi) is 4.39. The van der Waals surface area contributed by atoms with Crippen molar-refractivity contribution < 1.29 is 9.90 Å². The van der Waals surface area contributed by atoms with Crippen molar-refractivity contribution in [1.82, 2.24) is 10.2 Å². The number of rotatable bonds is 2. The molecule has 1 fully saturated rings. The van der Waals surface area contributed by atoms with Crippen molar-refractivity contribution in [2.24, 2.45) is 0 Å². The lowest BCUT2D eigenvalue weighted by atomic mass is 9.98. The molecule has 15 heavy (non-hydrogen) atoms. The van der Waals surface area contributed by atoms with E-state index in [1.165, 1.54) is 0 Å². The average Bonchev–Trinajstić information content (AvgIpc) is 2.36. The molecular formula is C11H22N2O2. The van der Waals surface area contributed by atoms with E-state index in [1.54, 1.807) is 4.90 Å². The van der Waals surface area contributed by atoms with Crippen molar-refractivity contribution in [2.45, 2.75) is 45.1 Å². The second-order valence-corrected chi connectivity index (χ2v) is 4.57. The Bertz CT molecular complexity index is 217. The molecule has 0 aromatic carbocycles. The van der Waals surface area contributed by atoms with E-state index in [0.29, 0.717) is 13.0 Å². The molecule has 0 saturated carbocycles. The minimum absolute atomic E-state index is 0.00884. The highest BCUT2D eigenvalue weighted by Gasteiger charge is 2.26. The molecule has 0 aromatic heterocycles. The van der Waals surface area contributed by atoms with Gasteiger partial charge in [0.05, 0.1) is 5.60 Å². The standard InChI is InChI=1S/C11H22N2O2/c1-3-7-12-10(14)13-8-4-5-11(2,15)6-9-13/h15H,3-9H2,1-2H3,(H,12,14). The third-order valence-corrected chi connectivity index (χ3v) is 2.88. The van der Waals surface area contributed by atoms with E-state index in [4.69, 9.17) is 0 Å². The highest BCUT2D eigenvalue weighted by molar-refractivity contribution is 5.74. The molecule has 2 N–H and O–H groups in total. The second kappa shape index (κ2) is 5.35. The monoisotopic (exact) mass is 214 g/mol. The third-order valence-electron chi connectivity index (χ3n) is 2.88. The van der Waals surface area contributed by atoms with Crippen molar-refractivity contribution in [3.05, 3.63) is 0 Å². The van der Waals surface area contributed by atoms with Crippen LogP contribution in [-0.4, -0.2) is 41.3 Å². The van der Waals surface area contributed by atoms with E-state index in [0.717, 1.165) is 32.4 Å². The van der Waals surface area contributed by atoms with Crippen LogP contribution in [-0.2, 0) is 0 Å². The van der Waals surface area contributed by atoms with Crippen LogP contribution in [0.15, 0.2) is 0 Å². The first-order chi connectivity index (χ1) is 7.05. The lowest BCUT2D eigenvalue weighted by molar-refractivity contribution is 0.0457. The summed E-state index contributed by atoms with van der Waals surface area (Å²) in [5.74, 6) is 0. The van der Waals surface area contributed by atoms with Gasteiger partial charge in [-0.3, -0.25) is 0 Å². The van der Waals surface area contributed by atoms with Crippen molar-refractivity contribution in [3.63, 3.8) is 0 Å². The van der Waals surface area contributed by atoms with Crippen LogP contribution in [0, 0.1) is 0 Å². The Morgan fingerprint density at radius 1 is 1.47 bits per heavy atom. The number of carbonyl (C=O) groups excluding carboxylic acids is 1. The Hall–Kier alpha value is -0.770. The fourth-order valence-corrected chi connectivity index (χ4v) is 1.81. The highest BCUT2D eigenvalue weighted by atomic mass is 16.3. The van der Waals surface area contributed by atoms with E-state index in [2.05, 4.69) is 5.32 Å². The van der Waals surface area contributed by atoms with Gasteiger partial charge in [-0.2, -0.15) is 0 Å². The number of amides is 2. The summed E-state index contributed by atoms with van der Waals surface area (Å²) in [6, 6.07) is 0.00884. The molecule has 4 heteroatoms. The van der Waals surface area contributed by atoms with Gasteiger partial charge in [-0.25, -0.2) is 4.79 Å². The molecular weight excluding hydrogens is 192 g/mol. The molecule has 1 aliphatic heterocycles. The van der Waals surface area contributed by atoms with Gasteiger partial charge in [-0.05, 0) is 32.6 Å². The average molecular weight is 214 g/mol. The first kappa shape index (κ1) is 12.3. The SMILES string of the molecule is CCCNC(=O)N1CCCC(C)(O)CC1. The van der Waals surface area contributed by atoms with Gasteiger partial charge in [0.15, 0.2) is 0 Å². The molecule has 1 saturated heterocycles. The fraction of sp³-hybridized carbons (Fsp3) is 0.909. The van der Waals surface area contributed by atoms with Crippen LogP contribution in [0.1, 0.15) is 39.5 Å². The summed E-state index contributed by atoms with van der Waals surface area (Å²) in [7, 11) is 0. The second-order valence-electron chi connectivity index (χ2n) is 4.57. The minimum Gasteiger partial charge on any atom is -0.390 e. The molecule has 0 radical (unpaired) electrons. The molecule has 4 nitrogen and oxygen atoms in total. The maximum Gasteiger partial charge on any atom is 0.317 e. The van der Waals surface area contributed by atoms with Gasteiger partial charge in [0, 0.05) is 19.6 Å². The number of likely N-dealkylation sites (tertiary alicyclic amines) is 1. The molecule has 1 heterocycles. The number of carbonyl (C=O) groups is 1. The van der Waals surface area contributed by atoms with Crippen molar-refractivity contribution in [3.8, 4) is 0 Å². The molecule has 0 aromatic rings. The number of nitrogens with zero attached hydrogens (tertiary/aromatic N) is 1. The van der Waals surface area contributed by atoms with E-state index in [1.807, 2.05) is 13.8 Å². The smallest absolute Gasteiger partial charge is 0.317 e. The molecule has 2 amide bonds. The number of hydrogen-bond donors (Lipinski definition) is 2. The summed E-state index contributed by atoms with van der Waals surface area (Å²) in [6.45, 7) is 6.02. The molecule has 1 unspecified atom stereocenters. The zero-order valence-electron chi connectivity index (χ0n) is 9.75. The third kappa shape index (κ3) is 4.08. The summed E-state index contributed by atoms with van der Waals surface area (Å²) in [6.07, 6.45) is 3.29. The van der Waals surface area contributed by atoms with Crippen molar-refractivity contribution in [1.29, 1.82) is 0 Å². The number of urea groups is 1. The molecule has 0 aliphatic carbocycles. The van der Waals surface area contributed by atoms with E-state index in [-0.39, 0.29) is 6.03 Å². The van der Waals surface area contributed by atoms with Crippen LogP contribution in [0.5, 0.6) is 0 Å². The molecule has 1 rings (SSSR count). The van der Waals surface area contributed by atoms with Crippen LogP contribution in [0.4, 0.5) is 4.79 Å².